The summed E-state index contributed by atoms with van der Waals surface area (Å²) in [7, 11) is -1.69. The Labute approximate surface area is 172 Å². The van der Waals surface area contributed by atoms with Crippen molar-refractivity contribution in [3.05, 3.63) is 35.5 Å². The Hall–Kier alpha value is -2.10. The largest absolute Gasteiger partial charge is 0.444 e. The summed E-state index contributed by atoms with van der Waals surface area (Å²) in [4.78, 5) is 15.0. The van der Waals surface area contributed by atoms with E-state index in [4.69, 9.17) is 4.74 Å². The van der Waals surface area contributed by atoms with E-state index in [-0.39, 0.29) is 0 Å². The normalized spacial score (nSPS) is 17.7. The molecule has 0 spiro atoms. The molecule has 1 aromatic carbocycles. The van der Waals surface area contributed by atoms with Gasteiger partial charge in [0.2, 0.25) is 0 Å². The van der Waals surface area contributed by atoms with Crippen LogP contribution in [-0.2, 0) is 27.8 Å². The van der Waals surface area contributed by atoms with Crippen LogP contribution in [0.2, 0.25) is 0 Å². The zero-order valence-corrected chi connectivity index (χ0v) is 18.3. The van der Waals surface area contributed by atoms with E-state index in [0.29, 0.717) is 39.0 Å². The third-order valence-corrected chi connectivity index (χ3v) is 6.92. The predicted octanol–water partition coefficient (Wildman–Crippen LogP) is 2.27. The van der Waals surface area contributed by atoms with Gasteiger partial charge in [0, 0.05) is 50.3 Å². The molecule has 2 heterocycles. The van der Waals surface area contributed by atoms with Gasteiger partial charge in [-0.3, -0.25) is 0 Å². The molecule has 1 saturated heterocycles. The molecule has 1 amide bonds. The van der Waals surface area contributed by atoms with Crippen LogP contribution >= 0.6 is 0 Å². The van der Waals surface area contributed by atoms with Crippen LogP contribution < -0.4 is 5.32 Å². The highest BCUT2D eigenvalue weighted by Gasteiger charge is 2.33. The molecule has 29 heavy (non-hydrogen) atoms. The fraction of sp³-hybridized carbons (Fsp3) is 0.550. The van der Waals surface area contributed by atoms with Crippen LogP contribution in [0.1, 0.15) is 31.9 Å². The van der Waals surface area contributed by atoms with Crippen LogP contribution in [0.15, 0.2) is 24.4 Å². The van der Waals surface area contributed by atoms with Crippen molar-refractivity contribution in [3.8, 4) is 0 Å². The Morgan fingerprint density at radius 3 is 2.66 bits per heavy atom. The molecular formula is C20H30N4O4S. The molecule has 160 valence electrons. The molecular weight excluding hydrogens is 392 g/mol. The first-order valence-electron chi connectivity index (χ1n) is 9.83. The summed E-state index contributed by atoms with van der Waals surface area (Å²) in [6.07, 6.45) is 2.86. The second kappa shape index (κ2) is 8.33. The Balaban J connectivity index is 1.60. The Kier molecular flexibility index (Phi) is 6.21. The molecule has 2 aromatic rings. The Morgan fingerprint density at radius 1 is 1.24 bits per heavy atom. The van der Waals surface area contributed by atoms with Crippen molar-refractivity contribution in [1.82, 2.24) is 18.9 Å². The van der Waals surface area contributed by atoms with Crippen molar-refractivity contribution in [2.45, 2.75) is 39.2 Å². The summed E-state index contributed by atoms with van der Waals surface area (Å²) < 4.78 is 32.6. The second-order valence-corrected chi connectivity index (χ2v) is 10.4. The number of benzene rings is 1. The monoisotopic (exact) mass is 422 g/mol. The quantitative estimate of drug-likeness (QED) is 0.747. The van der Waals surface area contributed by atoms with Gasteiger partial charge in [-0.1, -0.05) is 6.07 Å². The molecule has 1 fully saturated rings. The predicted molar refractivity (Wildman–Crippen MR) is 113 cm³/mol. The second-order valence-electron chi connectivity index (χ2n) is 8.35. The number of hydrogen-bond donors (Lipinski definition) is 2. The van der Waals surface area contributed by atoms with E-state index in [1.165, 1.54) is 8.61 Å². The lowest BCUT2D eigenvalue weighted by molar-refractivity contribution is 0.0528. The third-order valence-electron chi connectivity index (χ3n) is 4.93. The van der Waals surface area contributed by atoms with Crippen molar-refractivity contribution in [2.24, 2.45) is 0 Å². The van der Waals surface area contributed by atoms with Gasteiger partial charge in [0.1, 0.15) is 5.60 Å². The average Bonchev–Trinajstić information content (AvgIpc) is 3.12. The van der Waals surface area contributed by atoms with E-state index in [1.807, 2.05) is 39.1 Å². The minimum Gasteiger partial charge on any atom is -0.444 e. The highest BCUT2D eigenvalue weighted by molar-refractivity contribution is 7.87. The van der Waals surface area contributed by atoms with E-state index in [0.717, 1.165) is 22.0 Å². The van der Waals surface area contributed by atoms with Crippen molar-refractivity contribution < 1.29 is 17.9 Å². The lowest BCUT2D eigenvalue weighted by Gasteiger charge is -2.19. The fourth-order valence-corrected chi connectivity index (χ4v) is 4.70. The maximum Gasteiger partial charge on any atom is 0.407 e. The van der Waals surface area contributed by atoms with Crippen LogP contribution in [0.3, 0.4) is 0 Å². The smallest absolute Gasteiger partial charge is 0.407 e. The summed E-state index contributed by atoms with van der Waals surface area (Å²) in [6, 6.07) is 6.13. The van der Waals surface area contributed by atoms with Gasteiger partial charge < -0.3 is 15.0 Å². The van der Waals surface area contributed by atoms with E-state index in [9.17, 15) is 13.2 Å². The van der Waals surface area contributed by atoms with Gasteiger partial charge in [-0.05, 0) is 56.9 Å². The number of hydrogen-bond acceptors (Lipinski definition) is 4. The van der Waals surface area contributed by atoms with Crippen molar-refractivity contribution >= 4 is 27.2 Å². The minimum absolute atomic E-state index is 0.421. The molecule has 1 aromatic heterocycles. The topological polar surface area (TPSA) is 94.7 Å². The first-order valence-corrected chi connectivity index (χ1v) is 11.2. The Bertz CT molecular complexity index is 978. The molecule has 0 bridgehead atoms. The number of aromatic nitrogens is 1. The van der Waals surface area contributed by atoms with Gasteiger partial charge >= 0.3 is 6.09 Å². The molecule has 1 aliphatic rings. The van der Waals surface area contributed by atoms with Crippen LogP contribution in [0.5, 0.6) is 0 Å². The number of carbonyl (C=O) groups excluding carboxylic acids is 1. The van der Waals surface area contributed by atoms with E-state index in [2.05, 4.69) is 16.4 Å². The fourth-order valence-electron chi connectivity index (χ4n) is 3.36. The number of nitrogens with zero attached hydrogens (tertiary/aromatic N) is 2. The maximum atomic E-state index is 12.2. The first kappa shape index (κ1) is 21.6. The number of alkyl carbamates (subject to hydrolysis) is 1. The lowest BCUT2D eigenvalue weighted by Crippen LogP contribution is -2.33. The molecule has 8 nitrogen and oxygen atoms in total. The number of fused-ring (bicyclic) bond motifs is 1. The SMILES string of the molecule is CN1CCN(CCc2ccc3[nH]cc(CCNC(=O)OC(C)(C)C)c3c2)S1(=O)=O. The summed E-state index contributed by atoms with van der Waals surface area (Å²) >= 11 is 0. The number of nitrogens with one attached hydrogen (secondary N) is 2. The van der Waals surface area contributed by atoms with Crippen molar-refractivity contribution in [2.75, 3.05) is 33.2 Å². The van der Waals surface area contributed by atoms with Crippen molar-refractivity contribution in [1.29, 1.82) is 0 Å². The number of carbonyl (C=O) groups is 1. The number of H-pyrrole nitrogens is 1. The zero-order chi connectivity index (χ0) is 21.2. The number of rotatable bonds is 6. The third kappa shape index (κ3) is 5.29. The van der Waals surface area contributed by atoms with Crippen molar-refractivity contribution in [3.63, 3.8) is 0 Å². The van der Waals surface area contributed by atoms with Gasteiger partial charge in [0.25, 0.3) is 10.2 Å². The molecule has 1 aliphatic heterocycles. The molecule has 9 heteroatoms. The molecule has 0 saturated carbocycles. The summed E-state index contributed by atoms with van der Waals surface area (Å²) in [6.45, 7) is 7.51. The number of aromatic amines is 1. The zero-order valence-electron chi connectivity index (χ0n) is 17.5. The minimum atomic E-state index is -3.30. The molecule has 0 radical (unpaired) electrons. The van der Waals surface area contributed by atoms with Crippen LogP contribution in [0, 0.1) is 0 Å². The van der Waals surface area contributed by atoms with E-state index < -0.39 is 21.9 Å². The number of amides is 1. The summed E-state index contributed by atoms with van der Waals surface area (Å²) in [5, 5.41) is 3.87. The molecule has 0 aliphatic carbocycles. The molecule has 3 rings (SSSR count). The van der Waals surface area contributed by atoms with Crippen LogP contribution in [0.25, 0.3) is 10.9 Å². The molecule has 0 unspecified atom stereocenters. The maximum absolute atomic E-state index is 12.2. The number of likely N-dealkylation sites (N-methyl/N-ethyl adjacent to an activating group) is 1. The first-order chi connectivity index (χ1) is 13.6. The highest BCUT2D eigenvalue weighted by Crippen LogP contribution is 2.22. The van der Waals surface area contributed by atoms with Crippen LogP contribution in [0.4, 0.5) is 4.79 Å². The van der Waals surface area contributed by atoms with Gasteiger partial charge in [0.05, 0.1) is 0 Å². The molecule has 0 atom stereocenters. The van der Waals surface area contributed by atoms with Gasteiger partial charge in [-0.25, -0.2) is 4.79 Å². The lowest BCUT2D eigenvalue weighted by atomic mass is 10.1. The van der Waals surface area contributed by atoms with E-state index in [1.54, 1.807) is 7.05 Å². The summed E-state index contributed by atoms with van der Waals surface area (Å²) in [5.41, 5.74) is 2.70. The highest BCUT2D eigenvalue weighted by atomic mass is 32.2. The van der Waals surface area contributed by atoms with Gasteiger partial charge in [-0.15, -0.1) is 0 Å². The summed E-state index contributed by atoms with van der Waals surface area (Å²) in [5.74, 6) is 0. The molecule has 2 N–H and O–H groups in total. The number of ether oxygens (including phenoxy) is 1. The van der Waals surface area contributed by atoms with Gasteiger partial charge in [-0.2, -0.15) is 17.0 Å². The Morgan fingerprint density at radius 2 is 2.00 bits per heavy atom. The van der Waals surface area contributed by atoms with E-state index >= 15 is 0 Å². The average molecular weight is 423 g/mol. The standard InChI is InChI=1S/C20H30N4O4S/c1-20(2,3)28-19(25)21-9-7-16-14-22-18-6-5-15(13-17(16)18)8-10-24-12-11-23(4)29(24,26)27/h5-6,13-14,22H,7-12H2,1-4H3,(H,21,25). The van der Waals surface area contributed by atoms with Gasteiger partial charge in [0.15, 0.2) is 0 Å². The van der Waals surface area contributed by atoms with Crippen LogP contribution in [-0.4, -0.2) is 66.9 Å².